The Labute approximate surface area is 122 Å². The summed E-state index contributed by atoms with van der Waals surface area (Å²) in [6, 6.07) is 3.78. The molecule has 4 nitrogen and oxygen atoms in total. The minimum absolute atomic E-state index is 0.163. The summed E-state index contributed by atoms with van der Waals surface area (Å²) in [5, 5.41) is 14.4. The van der Waals surface area contributed by atoms with Crippen molar-refractivity contribution in [2.45, 2.75) is 52.5 Å². The van der Waals surface area contributed by atoms with Crippen molar-refractivity contribution in [3.8, 4) is 0 Å². The molecule has 1 N–H and O–H groups in total. The molecule has 0 spiro atoms. The van der Waals surface area contributed by atoms with Crippen LogP contribution in [0.4, 0.5) is 11.4 Å². The van der Waals surface area contributed by atoms with Crippen molar-refractivity contribution in [3.05, 3.63) is 32.3 Å². The van der Waals surface area contributed by atoms with Gasteiger partial charge in [0.05, 0.1) is 10.6 Å². The first-order chi connectivity index (χ1) is 8.99. The van der Waals surface area contributed by atoms with E-state index in [1.54, 1.807) is 19.1 Å². The van der Waals surface area contributed by atoms with Gasteiger partial charge in [0.15, 0.2) is 0 Å². The van der Waals surface area contributed by atoms with Crippen molar-refractivity contribution in [3.63, 3.8) is 0 Å². The number of nitrogens with zero attached hydrogens (tertiary/aromatic N) is 1. The highest BCUT2D eigenvalue weighted by Gasteiger charge is 2.16. The number of nitrogens with one attached hydrogen (secondary N) is 1. The van der Waals surface area contributed by atoms with Gasteiger partial charge in [-0.15, -0.1) is 0 Å². The molecule has 106 valence electrons. The Hall–Kier alpha value is -1.10. The molecule has 0 saturated carbocycles. The van der Waals surface area contributed by atoms with Crippen LogP contribution in [0.3, 0.4) is 0 Å². The van der Waals surface area contributed by atoms with Gasteiger partial charge in [-0.25, -0.2) is 0 Å². The van der Waals surface area contributed by atoms with Crippen LogP contribution >= 0.6 is 15.9 Å². The number of rotatable bonds is 7. The van der Waals surface area contributed by atoms with E-state index in [9.17, 15) is 10.1 Å². The second kappa shape index (κ2) is 7.48. The molecule has 0 aliphatic heterocycles. The second-order valence-corrected chi connectivity index (χ2v) is 5.62. The van der Waals surface area contributed by atoms with Crippen molar-refractivity contribution >= 4 is 27.3 Å². The molecule has 5 heteroatoms. The standard InChI is InChI=1S/C14H21BrN2O2/c1-4-6-7-11(5-2)16-13-9-14(17(18)19)10(3)8-12(13)15/h8-9,11,16H,4-7H2,1-3H3. The molecule has 0 fully saturated rings. The monoisotopic (exact) mass is 328 g/mol. The number of unbranched alkanes of at least 4 members (excludes halogenated alkanes) is 1. The lowest BCUT2D eigenvalue weighted by Gasteiger charge is -2.19. The molecular weight excluding hydrogens is 308 g/mol. The number of halogens is 1. The van der Waals surface area contributed by atoms with E-state index < -0.39 is 0 Å². The van der Waals surface area contributed by atoms with Gasteiger partial charge < -0.3 is 5.32 Å². The van der Waals surface area contributed by atoms with Gasteiger partial charge >= 0.3 is 0 Å². The Kier molecular flexibility index (Phi) is 6.28. The summed E-state index contributed by atoms with van der Waals surface area (Å²) in [7, 11) is 0. The molecular formula is C14H21BrN2O2. The Morgan fingerprint density at radius 1 is 1.42 bits per heavy atom. The summed E-state index contributed by atoms with van der Waals surface area (Å²) < 4.78 is 0.880. The normalized spacial score (nSPS) is 12.2. The quantitative estimate of drug-likeness (QED) is 0.563. The number of nitro groups is 1. The van der Waals surface area contributed by atoms with Crippen molar-refractivity contribution in [1.29, 1.82) is 0 Å². The first-order valence-electron chi connectivity index (χ1n) is 6.70. The van der Waals surface area contributed by atoms with Gasteiger partial charge in [-0.2, -0.15) is 0 Å². The summed E-state index contributed by atoms with van der Waals surface area (Å²) in [6.07, 6.45) is 4.42. The molecule has 1 aromatic carbocycles. The predicted octanol–water partition coefficient (Wildman–Crippen LogP) is 5.05. The summed E-state index contributed by atoms with van der Waals surface area (Å²) >= 11 is 3.47. The molecule has 0 saturated heterocycles. The van der Waals surface area contributed by atoms with Crippen LogP contribution in [0.5, 0.6) is 0 Å². The minimum atomic E-state index is -0.333. The lowest BCUT2D eigenvalue weighted by molar-refractivity contribution is -0.385. The van der Waals surface area contributed by atoms with Gasteiger partial charge in [0, 0.05) is 22.1 Å². The second-order valence-electron chi connectivity index (χ2n) is 4.77. The van der Waals surface area contributed by atoms with Crippen LogP contribution in [-0.2, 0) is 0 Å². The molecule has 1 rings (SSSR count). The van der Waals surface area contributed by atoms with E-state index in [-0.39, 0.29) is 10.6 Å². The maximum atomic E-state index is 11.0. The van der Waals surface area contributed by atoms with Gasteiger partial charge in [-0.1, -0.05) is 26.7 Å². The Bertz CT molecular complexity index is 449. The van der Waals surface area contributed by atoms with Crippen LogP contribution in [0.25, 0.3) is 0 Å². The van der Waals surface area contributed by atoms with Gasteiger partial charge in [0.1, 0.15) is 0 Å². The summed E-state index contributed by atoms with van der Waals surface area (Å²) in [5.74, 6) is 0. The molecule has 0 aliphatic rings. The zero-order chi connectivity index (χ0) is 14.4. The third-order valence-corrected chi connectivity index (χ3v) is 3.90. The van der Waals surface area contributed by atoms with E-state index in [4.69, 9.17) is 0 Å². The average molecular weight is 329 g/mol. The first kappa shape index (κ1) is 16.0. The molecule has 0 bridgehead atoms. The lowest BCUT2D eigenvalue weighted by Crippen LogP contribution is -2.18. The molecule has 1 aromatic rings. The Morgan fingerprint density at radius 2 is 2.11 bits per heavy atom. The molecule has 0 amide bonds. The highest BCUT2D eigenvalue weighted by atomic mass is 79.9. The third-order valence-electron chi connectivity index (χ3n) is 3.24. The number of nitro benzene ring substituents is 1. The Morgan fingerprint density at radius 3 is 2.63 bits per heavy atom. The topological polar surface area (TPSA) is 55.2 Å². The fraction of sp³-hybridized carbons (Fsp3) is 0.571. The van der Waals surface area contributed by atoms with Gasteiger partial charge in [-0.05, 0) is 41.8 Å². The van der Waals surface area contributed by atoms with E-state index in [2.05, 4.69) is 35.1 Å². The van der Waals surface area contributed by atoms with E-state index in [1.807, 2.05) is 0 Å². The number of hydrogen-bond acceptors (Lipinski definition) is 3. The molecule has 0 radical (unpaired) electrons. The maximum Gasteiger partial charge on any atom is 0.274 e. The molecule has 1 atom stereocenters. The van der Waals surface area contributed by atoms with E-state index in [0.29, 0.717) is 11.6 Å². The molecule has 0 heterocycles. The zero-order valence-electron chi connectivity index (χ0n) is 11.7. The van der Waals surface area contributed by atoms with Crippen LogP contribution in [-0.4, -0.2) is 11.0 Å². The highest BCUT2D eigenvalue weighted by molar-refractivity contribution is 9.10. The smallest absolute Gasteiger partial charge is 0.274 e. The zero-order valence-corrected chi connectivity index (χ0v) is 13.3. The van der Waals surface area contributed by atoms with Crippen LogP contribution in [0.2, 0.25) is 0 Å². The van der Waals surface area contributed by atoms with Crippen molar-refractivity contribution in [2.24, 2.45) is 0 Å². The summed E-state index contributed by atoms with van der Waals surface area (Å²) in [5.41, 5.74) is 1.64. The number of anilines is 1. The van der Waals surface area contributed by atoms with Crippen LogP contribution < -0.4 is 5.32 Å². The molecule has 0 aliphatic carbocycles. The first-order valence-corrected chi connectivity index (χ1v) is 7.49. The van der Waals surface area contributed by atoms with Crippen molar-refractivity contribution < 1.29 is 4.92 Å². The number of benzene rings is 1. The van der Waals surface area contributed by atoms with E-state index in [0.717, 1.165) is 35.8 Å². The number of hydrogen-bond donors (Lipinski definition) is 1. The fourth-order valence-electron chi connectivity index (χ4n) is 2.02. The molecule has 0 aromatic heterocycles. The van der Waals surface area contributed by atoms with Crippen molar-refractivity contribution in [1.82, 2.24) is 0 Å². The maximum absolute atomic E-state index is 11.0. The Balaban J connectivity index is 2.93. The van der Waals surface area contributed by atoms with E-state index >= 15 is 0 Å². The third kappa shape index (κ3) is 4.49. The van der Waals surface area contributed by atoms with Crippen LogP contribution in [0.15, 0.2) is 16.6 Å². The van der Waals surface area contributed by atoms with Crippen LogP contribution in [0.1, 0.15) is 45.1 Å². The summed E-state index contributed by atoms with van der Waals surface area (Å²) in [6.45, 7) is 6.05. The highest BCUT2D eigenvalue weighted by Crippen LogP contribution is 2.31. The average Bonchev–Trinajstić information content (AvgIpc) is 2.36. The van der Waals surface area contributed by atoms with E-state index in [1.165, 1.54) is 0 Å². The lowest BCUT2D eigenvalue weighted by atomic mass is 10.1. The van der Waals surface area contributed by atoms with Gasteiger partial charge in [0.2, 0.25) is 0 Å². The molecule has 1 unspecified atom stereocenters. The SMILES string of the molecule is CCCCC(CC)Nc1cc([N+](=O)[O-])c(C)cc1Br. The van der Waals surface area contributed by atoms with Gasteiger partial charge in [-0.3, -0.25) is 10.1 Å². The minimum Gasteiger partial charge on any atom is -0.381 e. The molecule has 19 heavy (non-hydrogen) atoms. The van der Waals surface area contributed by atoms with Gasteiger partial charge in [0.25, 0.3) is 5.69 Å². The fourth-order valence-corrected chi connectivity index (χ4v) is 2.59. The summed E-state index contributed by atoms with van der Waals surface area (Å²) in [4.78, 5) is 10.6. The van der Waals surface area contributed by atoms with Crippen molar-refractivity contribution in [2.75, 3.05) is 5.32 Å². The predicted molar refractivity (Wildman–Crippen MR) is 82.8 cm³/mol. The largest absolute Gasteiger partial charge is 0.381 e. The number of aryl methyl sites for hydroxylation is 1. The van der Waals surface area contributed by atoms with Crippen LogP contribution in [0, 0.1) is 17.0 Å².